The Kier molecular flexibility index (Phi) is 3.14. The van der Waals surface area contributed by atoms with E-state index < -0.39 is 23.8 Å². The van der Waals surface area contributed by atoms with Gasteiger partial charge in [0.05, 0.1) is 5.88 Å². The fraction of sp³-hybridized carbons (Fsp3) is 1.00. The van der Waals surface area contributed by atoms with E-state index >= 15 is 0 Å². The summed E-state index contributed by atoms with van der Waals surface area (Å²) in [5, 5.41) is 8.66. The third-order valence-electron chi connectivity index (χ3n) is 1.25. The molecule has 0 heterocycles. The van der Waals surface area contributed by atoms with Crippen LogP contribution in [0.3, 0.4) is 0 Å². The van der Waals surface area contributed by atoms with E-state index in [9.17, 15) is 17.6 Å². The number of rotatable bonds is 3. The van der Waals surface area contributed by atoms with Crippen molar-refractivity contribution in [3.8, 4) is 0 Å². The zero-order chi connectivity index (χ0) is 9.28. The van der Waals surface area contributed by atoms with Gasteiger partial charge >= 0.3 is 12.3 Å². The molecular weight excluding hydrogens is 187 g/mol. The van der Waals surface area contributed by atoms with Gasteiger partial charge in [-0.05, 0) is 6.92 Å². The van der Waals surface area contributed by atoms with Crippen LogP contribution in [0.25, 0.3) is 0 Å². The Morgan fingerprint density at radius 3 is 1.91 bits per heavy atom. The van der Waals surface area contributed by atoms with Gasteiger partial charge < -0.3 is 5.11 Å². The van der Waals surface area contributed by atoms with E-state index in [1.807, 2.05) is 0 Å². The van der Waals surface area contributed by atoms with Gasteiger partial charge in [-0.25, -0.2) is 8.78 Å². The molecule has 0 aromatic heterocycles. The fourth-order valence-electron chi connectivity index (χ4n) is 0.324. The van der Waals surface area contributed by atoms with E-state index in [0.717, 1.165) is 0 Å². The molecule has 6 heteroatoms. The van der Waals surface area contributed by atoms with Crippen molar-refractivity contribution in [3.05, 3.63) is 0 Å². The molecule has 1 N–H and O–H groups in total. The average Bonchev–Trinajstić information content (AvgIpc) is 1.87. The minimum Gasteiger partial charge on any atom is -0.382 e. The fourth-order valence-corrected chi connectivity index (χ4v) is 0.502. The third-order valence-corrected chi connectivity index (χ3v) is 1.77. The second-order valence-electron chi connectivity index (χ2n) is 2.33. The third kappa shape index (κ3) is 1.96. The standard InChI is InChI=1S/C5H7ClF4O/c1-4(11,2-6)5(9,10)3(7)8/h3,11H,2H2,1H3. The van der Waals surface area contributed by atoms with Crippen molar-refractivity contribution in [1.29, 1.82) is 0 Å². The number of aliphatic hydroxyl groups is 1. The highest BCUT2D eigenvalue weighted by Gasteiger charge is 2.56. The molecule has 11 heavy (non-hydrogen) atoms. The molecular formula is C5H7ClF4O. The Bertz CT molecular complexity index is 136. The molecule has 0 aromatic rings. The molecule has 0 aliphatic heterocycles. The van der Waals surface area contributed by atoms with Crippen molar-refractivity contribution in [2.45, 2.75) is 24.9 Å². The lowest BCUT2D eigenvalue weighted by Gasteiger charge is -2.29. The molecule has 1 atom stereocenters. The Morgan fingerprint density at radius 2 is 1.82 bits per heavy atom. The summed E-state index contributed by atoms with van der Waals surface area (Å²) in [5.41, 5.74) is -2.86. The molecule has 0 aliphatic rings. The summed E-state index contributed by atoms with van der Waals surface area (Å²) in [6, 6.07) is 0. The largest absolute Gasteiger partial charge is 0.382 e. The summed E-state index contributed by atoms with van der Waals surface area (Å²) < 4.78 is 47.5. The second kappa shape index (κ2) is 3.15. The van der Waals surface area contributed by atoms with E-state index in [1.165, 1.54) is 0 Å². The van der Waals surface area contributed by atoms with Crippen molar-refractivity contribution in [2.24, 2.45) is 0 Å². The lowest BCUT2D eigenvalue weighted by Crippen LogP contribution is -2.51. The van der Waals surface area contributed by atoms with Crippen LogP contribution in [0.4, 0.5) is 17.6 Å². The Hall–Kier alpha value is -0.0300. The van der Waals surface area contributed by atoms with Crippen molar-refractivity contribution in [1.82, 2.24) is 0 Å². The van der Waals surface area contributed by atoms with Gasteiger partial charge in [-0.1, -0.05) is 0 Å². The maximum absolute atomic E-state index is 12.2. The molecule has 1 unspecified atom stereocenters. The summed E-state index contributed by atoms with van der Waals surface area (Å²) in [5.74, 6) is -5.40. The number of hydrogen-bond donors (Lipinski definition) is 1. The molecule has 1 nitrogen and oxygen atoms in total. The number of halogens is 5. The first-order valence-electron chi connectivity index (χ1n) is 2.70. The smallest absolute Gasteiger partial charge is 0.336 e. The van der Waals surface area contributed by atoms with Gasteiger partial charge in [0.2, 0.25) is 0 Å². The van der Waals surface area contributed by atoms with Gasteiger partial charge in [-0.3, -0.25) is 0 Å². The highest BCUT2D eigenvalue weighted by atomic mass is 35.5. The summed E-state index contributed by atoms with van der Waals surface area (Å²) in [4.78, 5) is 0. The summed E-state index contributed by atoms with van der Waals surface area (Å²) in [6.07, 6.45) is -3.91. The van der Waals surface area contributed by atoms with Crippen molar-refractivity contribution < 1.29 is 22.7 Å². The van der Waals surface area contributed by atoms with E-state index in [1.54, 1.807) is 0 Å². The molecule has 68 valence electrons. The highest BCUT2D eigenvalue weighted by Crippen LogP contribution is 2.35. The first-order chi connectivity index (χ1) is 4.75. The molecule has 0 saturated heterocycles. The van der Waals surface area contributed by atoms with Crippen LogP contribution in [0.1, 0.15) is 6.92 Å². The molecule has 0 saturated carbocycles. The lowest BCUT2D eigenvalue weighted by atomic mass is 10.0. The first kappa shape index (κ1) is 11.0. The Morgan fingerprint density at radius 1 is 1.45 bits per heavy atom. The lowest BCUT2D eigenvalue weighted by molar-refractivity contribution is -0.227. The maximum atomic E-state index is 12.2. The minimum absolute atomic E-state index is 0.562. The molecule has 0 rings (SSSR count). The van der Waals surface area contributed by atoms with Crippen LogP contribution < -0.4 is 0 Å². The second-order valence-corrected chi connectivity index (χ2v) is 2.60. The van der Waals surface area contributed by atoms with Crippen LogP contribution in [-0.2, 0) is 0 Å². The molecule has 0 amide bonds. The summed E-state index contributed by atoms with van der Waals surface area (Å²) >= 11 is 4.86. The topological polar surface area (TPSA) is 20.2 Å². The molecule has 0 bridgehead atoms. The predicted octanol–water partition coefficient (Wildman–Crippen LogP) is 1.88. The number of alkyl halides is 5. The van der Waals surface area contributed by atoms with Crippen molar-refractivity contribution in [3.63, 3.8) is 0 Å². The Labute approximate surface area is 66.0 Å². The summed E-state index contributed by atoms with van der Waals surface area (Å²) in [7, 11) is 0. The van der Waals surface area contributed by atoms with Gasteiger partial charge in [0.15, 0.2) is 0 Å². The molecule has 0 aliphatic carbocycles. The van der Waals surface area contributed by atoms with E-state index in [0.29, 0.717) is 6.92 Å². The van der Waals surface area contributed by atoms with Crippen molar-refractivity contribution >= 4 is 11.6 Å². The van der Waals surface area contributed by atoms with Gasteiger partial charge in [0, 0.05) is 0 Å². The van der Waals surface area contributed by atoms with Gasteiger partial charge in [0.25, 0.3) is 0 Å². The zero-order valence-corrected chi connectivity index (χ0v) is 6.38. The average molecular weight is 195 g/mol. The molecule has 0 aromatic carbocycles. The van der Waals surface area contributed by atoms with Gasteiger partial charge in [-0.15, -0.1) is 11.6 Å². The van der Waals surface area contributed by atoms with Crippen LogP contribution >= 0.6 is 11.6 Å². The molecule has 0 fully saturated rings. The quantitative estimate of drug-likeness (QED) is 0.537. The predicted molar refractivity (Wildman–Crippen MR) is 32.3 cm³/mol. The van der Waals surface area contributed by atoms with Gasteiger partial charge in [0.1, 0.15) is 5.60 Å². The Balaban J connectivity index is 4.53. The van der Waals surface area contributed by atoms with Crippen LogP contribution in [0.5, 0.6) is 0 Å². The first-order valence-corrected chi connectivity index (χ1v) is 3.23. The van der Waals surface area contributed by atoms with Crippen LogP contribution in [-0.4, -0.2) is 28.9 Å². The van der Waals surface area contributed by atoms with Crippen LogP contribution in [0.2, 0.25) is 0 Å². The van der Waals surface area contributed by atoms with E-state index in [2.05, 4.69) is 0 Å². The van der Waals surface area contributed by atoms with E-state index in [4.69, 9.17) is 16.7 Å². The SMILES string of the molecule is CC(O)(CCl)C(F)(F)C(F)F. The molecule has 0 radical (unpaired) electrons. The minimum atomic E-state index is -4.46. The zero-order valence-electron chi connectivity index (χ0n) is 5.62. The van der Waals surface area contributed by atoms with Crippen LogP contribution in [0, 0.1) is 0 Å². The number of hydrogen-bond acceptors (Lipinski definition) is 1. The van der Waals surface area contributed by atoms with Crippen molar-refractivity contribution in [2.75, 3.05) is 5.88 Å². The molecule has 0 spiro atoms. The highest BCUT2D eigenvalue weighted by molar-refractivity contribution is 6.18. The van der Waals surface area contributed by atoms with Gasteiger partial charge in [-0.2, -0.15) is 8.78 Å². The summed E-state index contributed by atoms with van der Waals surface area (Å²) in [6.45, 7) is 0.562. The van der Waals surface area contributed by atoms with E-state index in [-0.39, 0.29) is 0 Å². The van der Waals surface area contributed by atoms with Crippen LogP contribution in [0.15, 0.2) is 0 Å². The maximum Gasteiger partial charge on any atom is 0.336 e. The monoisotopic (exact) mass is 194 g/mol. The normalized spacial score (nSPS) is 18.5.